The van der Waals surface area contributed by atoms with Gasteiger partial charge in [-0.2, -0.15) is 4.98 Å². The largest absolute Gasteiger partial charge is 0.414 e. The van der Waals surface area contributed by atoms with Gasteiger partial charge in [0.1, 0.15) is 12.0 Å². The molecule has 0 bridgehead atoms. The first-order valence-electron chi connectivity index (χ1n) is 7.74. The van der Waals surface area contributed by atoms with Gasteiger partial charge in [0.15, 0.2) is 8.32 Å². The molecule has 6 nitrogen and oxygen atoms in total. The van der Waals surface area contributed by atoms with Crippen LogP contribution in [0.4, 0.5) is 5.82 Å². The first-order valence-corrected chi connectivity index (χ1v) is 10.6. The summed E-state index contributed by atoms with van der Waals surface area (Å²) in [6.07, 6.45) is 3.08. The highest BCUT2D eigenvalue weighted by Crippen LogP contribution is 2.37. The number of hydrogen-bond acceptors (Lipinski definition) is 5. The fourth-order valence-corrected chi connectivity index (χ4v) is 3.21. The number of ether oxygens (including phenoxy) is 1. The molecular weight excluding hydrogens is 298 g/mol. The third-order valence-corrected chi connectivity index (χ3v) is 9.18. The van der Waals surface area contributed by atoms with E-state index < -0.39 is 8.32 Å². The lowest BCUT2D eigenvalue weighted by Gasteiger charge is -2.36. The van der Waals surface area contributed by atoms with E-state index in [-0.39, 0.29) is 28.9 Å². The standard InChI is InChI=1S/C15H27N3O3Si/c1-15(2,3)22(4,5)20-10-11-6-7-13(21-11)18-9-8-12(16)17-14(18)19/h8-9,11,13H,6-7,10H2,1-5H3,(H2,16,17,19)/t11-,13-/m1/s1. The van der Waals surface area contributed by atoms with Crippen molar-refractivity contribution in [1.82, 2.24) is 9.55 Å². The number of anilines is 1. The Kier molecular flexibility index (Phi) is 4.79. The van der Waals surface area contributed by atoms with Crippen LogP contribution in [0.15, 0.2) is 17.1 Å². The van der Waals surface area contributed by atoms with Gasteiger partial charge >= 0.3 is 5.69 Å². The van der Waals surface area contributed by atoms with Crippen LogP contribution in [-0.2, 0) is 9.16 Å². The van der Waals surface area contributed by atoms with Crippen molar-refractivity contribution >= 4 is 14.1 Å². The van der Waals surface area contributed by atoms with Crippen molar-refractivity contribution in [1.29, 1.82) is 0 Å². The van der Waals surface area contributed by atoms with E-state index in [1.165, 1.54) is 4.57 Å². The van der Waals surface area contributed by atoms with Gasteiger partial charge in [-0.05, 0) is 37.0 Å². The molecule has 2 N–H and O–H groups in total. The molecule has 2 atom stereocenters. The molecule has 1 aromatic rings. The van der Waals surface area contributed by atoms with E-state index in [9.17, 15) is 4.79 Å². The molecule has 2 rings (SSSR count). The molecule has 0 spiro atoms. The lowest BCUT2D eigenvalue weighted by molar-refractivity contribution is -0.0221. The monoisotopic (exact) mass is 325 g/mol. The first kappa shape index (κ1) is 17.2. The number of aromatic nitrogens is 2. The van der Waals surface area contributed by atoms with Crippen molar-refractivity contribution in [2.75, 3.05) is 12.3 Å². The van der Waals surface area contributed by atoms with Gasteiger partial charge < -0.3 is 14.9 Å². The Labute approximate surface area is 132 Å². The smallest absolute Gasteiger partial charge is 0.351 e. The summed E-state index contributed by atoms with van der Waals surface area (Å²) in [5, 5.41) is 0.183. The van der Waals surface area contributed by atoms with Crippen molar-refractivity contribution < 1.29 is 9.16 Å². The van der Waals surface area contributed by atoms with Crippen LogP contribution in [0.25, 0.3) is 0 Å². The minimum atomic E-state index is -1.77. The van der Waals surface area contributed by atoms with E-state index in [1.54, 1.807) is 12.3 Å². The van der Waals surface area contributed by atoms with Crippen LogP contribution in [0, 0.1) is 0 Å². The topological polar surface area (TPSA) is 79.4 Å². The maximum absolute atomic E-state index is 11.8. The minimum absolute atomic E-state index is 0.0311. The highest BCUT2D eigenvalue weighted by atomic mass is 28.4. The summed E-state index contributed by atoms with van der Waals surface area (Å²) in [6, 6.07) is 1.62. The van der Waals surface area contributed by atoms with E-state index >= 15 is 0 Å². The fraction of sp³-hybridized carbons (Fsp3) is 0.733. The van der Waals surface area contributed by atoms with E-state index in [0.717, 1.165) is 12.8 Å². The number of nitrogens with zero attached hydrogens (tertiary/aromatic N) is 2. The van der Waals surface area contributed by atoms with Crippen LogP contribution in [0.5, 0.6) is 0 Å². The molecule has 2 heterocycles. The molecule has 0 radical (unpaired) electrons. The third-order valence-electron chi connectivity index (χ3n) is 4.68. The Morgan fingerprint density at radius 3 is 2.73 bits per heavy atom. The van der Waals surface area contributed by atoms with E-state index in [1.807, 2.05) is 0 Å². The van der Waals surface area contributed by atoms with E-state index in [2.05, 4.69) is 38.8 Å². The van der Waals surface area contributed by atoms with Gasteiger partial charge in [-0.15, -0.1) is 0 Å². The molecule has 1 saturated heterocycles. The van der Waals surface area contributed by atoms with Crippen LogP contribution >= 0.6 is 0 Å². The molecule has 22 heavy (non-hydrogen) atoms. The maximum Gasteiger partial charge on any atom is 0.351 e. The van der Waals surface area contributed by atoms with Crippen molar-refractivity contribution in [2.45, 2.75) is 64.1 Å². The summed E-state index contributed by atoms with van der Waals surface area (Å²) in [7, 11) is -1.77. The minimum Gasteiger partial charge on any atom is -0.414 e. The summed E-state index contributed by atoms with van der Waals surface area (Å²) in [5.41, 5.74) is 5.14. The molecule has 0 aliphatic carbocycles. The Morgan fingerprint density at radius 2 is 2.14 bits per heavy atom. The third kappa shape index (κ3) is 3.77. The molecule has 0 unspecified atom stereocenters. The molecule has 0 aromatic carbocycles. The second kappa shape index (κ2) is 6.14. The molecule has 1 aliphatic heterocycles. The fourth-order valence-electron chi connectivity index (χ4n) is 2.18. The van der Waals surface area contributed by atoms with Crippen molar-refractivity contribution in [3.63, 3.8) is 0 Å². The average molecular weight is 325 g/mol. The highest BCUT2D eigenvalue weighted by Gasteiger charge is 2.38. The maximum atomic E-state index is 11.8. The zero-order chi connectivity index (χ0) is 16.5. The zero-order valence-electron chi connectivity index (χ0n) is 14.1. The molecule has 0 saturated carbocycles. The van der Waals surface area contributed by atoms with Gasteiger partial charge in [0.25, 0.3) is 0 Å². The van der Waals surface area contributed by atoms with Crippen LogP contribution in [0.2, 0.25) is 18.1 Å². The number of hydrogen-bond donors (Lipinski definition) is 1. The van der Waals surface area contributed by atoms with Gasteiger partial charge in [0.05, 0.1) is 12.7 Å². The van der Waals surface area contributed by atoms with Crippen LogP contribution < -0.4 is 11.4 Å². The Morgan fingerprint density at radius 1 is 1.45 bits per heavy atom. The summed E-state index contributed by atoms with van der Waals surface area (Å²) in [6.45, 7) is 11.7. The molecule has 1 aliphatic rings. The lowest BCUT2D eigenvalue weighted by atomic mass is 10.2. The molecule has 1 fully saturated rings. The molecule has 7 heteroatoms. The quantitative estimate of drug-likeness (QED) is 0.861. The number of nitrogen functional groups attached to an aromatic ring is 1. The van der Waals surface area contributed by atoms with Crippen LogP contribution in [0.3, 0.4) is 0 Å². The predicted octanol–water partition coefficient (Wildman–Crippen LogP) is 2.52. The second-order valence-corrected chi connectivity index (χ2v) is 12.2. The van der Waals surface area contributed by atoms with Gasteiger partial charge in [0, 0.05) is 6.20 Å². The van der Waals surface area contributed by atoms with Gasteiger partial charge in [-0.1, -0.05) is 20.8 Å². The Balaban J connectivity index is 1.95. The zero-order valence-corrected chi connectivity index (χ0v) is 15.1. The summed E-state index contributed by atoms with van der Waals surface area (Å²) < 4.78 is 13.7. The second-order valence-electron chi connectivity index (χ2n) is 7.40. The van der Waals surface area contributed by atoms with Gasteiger partial charge in [-0.25, -0.2) is 4.79 Å². The number of rotatable bonds is 4. The van der Waals surface area contributed by atoms with E-state index in [4.69, 9.17) is 14.9 Å². The highest BCUT2D eigenvalue weighted by molar-refractivity contribution is 6.74. The van der Waals surface area contributed by atoms with Crippen LogP contribution in [0.1, 0.15) is 39.8 Å². The van der Waals surface area contributed by atoms with Crippen LogP contribution in [-0.4, -0.2) is 30.6 Å². The molecule has 0 amide bonds. The van der Waals surface area contributed by atoms with Crippen molar-refractivity contribution in [3.8, 4) is 0 Å². The predicted molar refractivity (Wildman–Crippen MR) is 89.2 cm³/mol. The normalized spacial score (nSPS) is 23.0. The first-order chi connectivity index (χ1) is 10.1. The number of nitrogens with two attached hydrogens (primary N) is 1. The Hall–Kier alpha value is -1.18. The van der Waals surface area contributed by atoms with Gasteiger partial charge in [-0.3, -0.25) is 4.57 Å². The van der Waals surface area contributed by atoms with Gasteiger partial charge in [0.2, 0.25) is 0 Å². The summed E-state index contributed by atoms with van der Waals surface area (Å²) in [5.74, 6) is 0.233. The average Bonchev–Trinajstić information content (AvgIpc) is 2.83. The molecule has 124 valence electrons. The summed E-state index contributed by atoms with van der Waals surface area (Å²) in [4.78, 5) is 15.6. The van der Waals surface area contributed by atoms with Crippen molar-refractivity contribution in [2.24, 2.45) is 0 Å². The molecule has 1 aromatic heterocycles. The lowest BCUT2D eigenvalue weighted by Crippen LogP contribution is -2.42. The van der Waals surface area contributed by atoms with Crippen molar-refractivity contribution in [3.05, 3.63) is 22.7 Å². The molecular formula is C15H27N3O3Si. The Bertz CT molecular complexity index is 580. The van der Waals surface area contributed by atoms with E-state index in [0.29, 0.717) is 6.61 Å². The summed E-state index contributed by atoms with van der Waals surface area (Å²) >= 11 is 0. The SMILES string of the molecule is CC(C)(C)[Si](C)(C)OC[C@H]1CC[C@H](n2ccc(N)nc2=O)O1.